The fourth-order valence-electron chi connectivity index (χ4n) is 1.68. The van der Waals surface area contributed by atoms with E-state index in [1.807, 2.05) is 19.1 Å². The van der Waals surface area contributed by atoms with Gasteiger partial charge in [0.25, 0.3) is 0 Å². The van der Waals surface area contributed by atoms with Crippen molar-refractivity contribution in [2.45, 2.75) is 26.4 Å². The van der Waals surface area contributed by atoms with Crippen LogP contribution in [0.5, 0.6) is 0 Å². The second-order valence-electron chi connectivity index (χ2n) is 3.71. The van der Waals surface area contributed by atoms with Gasteiger partial charge in [-0.3, -0.25) is 0 Å². The van der Waals surface area contributed by atoms with Crippen LogP contribution in [0, 0.1) is 0 Å². The van der Waals surface area contributed by atoms with Gasteiger partial charge in [-0.05, 0) is 25.5 Å². The smallest absolute Gasteiger partial charge is 0.338 e. The number of esters is 1. The van der Waals surface area contributed by atoms with Gasteiger partial charge in [-0.15, -0.1) is 0 Å². The Bertz CT molecular complexity index is 401. The quantitative estimate of drug-likeness (QED) is 0.548. The van der Waals surface area contributed by atoms with E-state index >= 15 is 0 Å². The summed E-state index contributed by atoms with van der Waals surface area (Å²) in [5.41, 5.74) is 1.26. The third-order valence-corrected chi connectivity index (χ3v) is 2.47. The van der Waals surface area contributed by atoms with Gasteiger partial charge in [0.15, 0.2) is 0 Å². The summed E-state index contributed by atoms with van der Waals surface area (Å²) in [5.74, 6) is -0.366. The van der Waals surface area contributed by atoms with Crippen LogP contribution in [0.1, 0.15) is 29.8 Å². The predicted molar refractivity (Wildman–Crippen MR) is 67.6 cm³/mol. The lowest BCUT2D eigenvalue weighted by molar-refractivity contribution is -0.117. The molecule has 0 N–H and O–H groups in total. The van der Waals surface area contributed by atoms with Crippen LogP contribution in [0.2, 0.25) is 0 Å². The summed E-state index contributed by atoms with van der Waals surface area (Å²) in [6.45, 7) is 4.38. The molecule has 1 aromatic carbocycles. The van der Waals surface area contributed by atoms with Crippen LogP contribution >= 0.6 is 0 Å². The van der Waals surface area contributed by atoms with Gasteiger partial charge in [0.05, 0.1) is 12.2 Å². The van der Waals surface area contributed by atoms with Crippen LogP contribution in [0.4, 0.5) is 0 Å². The Labute approximate surface area is 107 Å². The van der Waals surface area contributed by atoms with E-state index in [0.29, 0.717) is 25.2 Å². The molecule has 18 heavy (non-hydrogen) atoms. The van der Waals surface area contributed by atoms with Crippen molar-refractivity contribution >= 4 is 12.3 Å². The van der Waals surface area contributed by atoms with Gasteiger partial charge in [0.1, 0.15) is 12.4 Å². The summed E-state index contributed by atoms with van der Waals surface area (Å²) in [6, 6.07) is 7.10. The summed E-state index contributed by atoms with van der Waals surface area (Å²) in [5, 5.41) is 0. The first-order valence-corrected chi connectivity index (χ1v) is 6.04. The highest BCUT2D eigenvalue weighted by Crippen LogP contribution is 2.13. The minimum atomic E-state index is -0.523. The standard InChI is InChI=1S/C14H18O4/c1-3-17-12(10-15)9-11-7-5-6-8-13(11)14(16)18-4-2/h5-8,10,12H,3-4,9H2,1-2H3. The SMILES string of the molecule is CCOC(=O)c1ccccc1CC(C=O)OCC. The van der Waals surface area contributed by atoms with E-state index in [1.165, 1.54) is 0 Å². The summed E-state index contributed by atoms with van der Waals surface area (Å²) < 4.78 is 10.2. The Hall–Kier alpha value is -1.68. The highest BCUT2D eigenvalue weighted by molar-refractivity contribution is 5.91. The molecule has 1 atom stereocenters. The van der Waals surface area contributed by atoms with E-state index in [1.54, 1.807) is 19.1 Å². The molecule has 0 saturated carbocycles. The average Bonchev–Trinajstić information content (AvgIpc) is 2.39. The van der Waals surface area contributed by atoms with Crippen LogP contribution in [0.25, 0.3) is 0 Å². The van der Waals surface area contributed by atoms with Gasteiger partial charge in [-0.2, -0.15) is 0 Å². The highest BCUT2D eigenvalue weighted by Gasteiger charge is 2.15. The van der Waals surface area contributed by atoms with Crippen LogP contribution in [-0.4, -0.2) is 31.6 Å². The fourth-order valence-corrected chi connectivity index (χ4v) is 1.68. The number of aldehydes is 1. The Morgan fingerprint density at radius 1 is 1.28 bits per heavy atom. The van der Waals surface area contributed by atoms with Crippen LogP contribution < -0.4 is 0 Å². The van der Waals surface area contributed by atoms with Gasteiger partial charge < -0.3 is 14.3 Å². The molecule has 1 aromatic rings. The molecule has 0 heterocycles. The number of ether oxygens (including phenoxy) is 2. The van der Waals surface area contributed by atoms with Crippen molar-refractivity contribution in [2.75, 3.05) is 13.2 Å². The Kier molecular flexibility index (Phi) is 6.08. The summed E-state index contributed by atoms with van der Waals surface area (Å²) >= 11 is 0. The molecule has 0 amide bonds. The largest absolute Gasteiger partial charge is 0.462 e. The molecule has 0 saturated heterocycles. The zero-order valence-corrected chi connectivity index (χ0v) is 10.7. The second-order valence-corrected chi connectivity index (χ2v) is 3.71. The number of hydrogen-bond donors (Lipinski definition) is 0. The molecule has 0 fully saturated rings. The van der Waals surface area contributed by atoms with Crippen molar-refractivity contribution in [3.63, 3.8) is 0 Å². The van der Waals surface area contributed by atoms with E-state index in [0.717, 1.165) is 11.8 Å². The molecule has 98 valence electrons. The fraction of sp³-hybridized carbons (Fsp3) is 0.429. The number of benzene rings is 1. The average molecular weight is 250 g/mol. The maximum absolute atomic E-state index is 11.7. The number of carbonyl (C=O) groups is 2. The molecular weight excluding hydrogens is 232 g/mol. The molecule has 0 spiro atoms. The van der Waals surface area contributed by atoms with Crippen LogP contribution in [0.15, 0.2) is 24.3 Å². The van der Waals surface area contributed by atoms with Gasteiger partial charge in [0.2, 0.25) is 0 Å². The van der Waals surface area contributed by atoms with Crippen molar-refractivity contribution < 1.29 is 19.1 Å². The van der Waals surface area contributed by atoms with E-state index in [4.69, 9.17) is 9.47 Å². The van der Waals surface area contributed by atoms with Gasteiger partial charge in [-0.1, -0.05) is 18.2 Å². The lowest BCUT2D eigenvalue weighted by Crippen LogP contribution is -2.19. The topological polar surface area (TPSA) is 52.6 Å². The number of carbonyl (C=O) groups excluding carboxylic acids is 2. The lowest BCUT2D eigenvalue weighted by atomic mass is 10.0. The highest BCUT2D eigenvalue weighted by atomic mass is 16.5. The van der Waals surface area contributed by atoms with Gasteiger partial charge >= 0.3 is 5.97 Å². The number of hydrogen-bond acceptors (Lipinski definition) is 4. The summed E-state index contributed by atoms with van der Waals surface area (Å²) in [7, 11) is 0. The first-order chi connectivity index (χ1) is 8.72. The third kappa shape index (κ3) is 3.96. The van der Waals surface area contributed by atoms with Gasteiger partial charge in [-0.25, -0.2) is 4.79 Å². The van der Waals surface area contributed by atoms with E-state index in [9.17, 15) is 9.59 Å². The normalized spacial score (nSPS) is 11.9. The first kappa shape index (κ1) is 14.4. The van der Waals surface area contributed by atoms with E-state index in [-0.39, 0.29) is 5.97 Å². The minimum absolute atomic E-state index is 0.329. The molecular formula is C14H18O4. The zero-order valence-electron chi connectivity index (χ0n) is 10.7. The Balaban J connectivity index is 2.87. The predicted octanol–water partition coefficient (Wildman–Crippen LogP) is 2.01. The van der Waals surface area contributed by atoms with Crippen LogP contribution in [-0.2, 0) is 20.7 Å². The van der Waals surface area contributed by atoms with Crippen molar-refractivity contribution in [1.29, 1.82) is 0 Å². The molecule has 1 rings (SSSR count). The molecule has 0 aliphatic carbocycles. The van der Waals surface area contributed by atoms with E-state index < -0.39 is 6.10 Å². The molecule has 0 bridgehead atoms. The lowest BCUT2D eigenvalue weighted by Gasteiger charge is -2.13. The molecule has 4 heteroatoms. The molecule has 0 aliphatic heterocycles. The van der Waals surface area contributed by atoms with E-state index in [2.05, 4.69) is 0 Å². The Morgan fingerprint density at radius 3 is 2.61 bits per heavy atom. The summed E-state index contributed by atoms with van der Waals surface area (Å²) in [6.07, 6.45) is 0.614. The maximum Gasteiger partial charge on any atom is 0.338 e. The van der Waals surface area contributed by atoms with Crippen molar-refractivity contribution in [3.8, 4) is 0 Å². The monoisotopic (exact) mass is 250 g/mol. The molecule has 0 radical (unpaired) electrons. The molecule has 0 aliphatic rings. The molecule has 4 nitrogen and oxygen atoms in total. The van der Waals surface area contributed by atoms with Crippen molar-refractivity contribution in [3.05, 3.63) is 35.4 Å². The molecule has 1 unspecified atom stereocenters. The molecule has 0 aromatic heterocycles. The first-order valence-electron chi connectivity index (χ1n) is 6.04. The maximum atomic E-state index is 11.7. The minimum Gasteiger partial charge on any atom is -0.462 e. The zero-order chi connectivity index (χ0) is 13.4. The number of rotatable bonds is 7. The van der Waals surface area contributed by atoms with Crippen molar-refractivity contribution in [1.82, 2.24) is 0 Å². The van der Waals surface area contributed by atoms with Crippen molar-refractivity contribution in [2.24, 2.45) is 0 Å². The van der Waals surface area contributed by atoms with Crippen LogP contribution in [0.3, 0.4) is 0 Å². The third-order valence-electron chi connectivity index (χ3n) is 2.47. The van der Waals surface area contributed by atoms with Gasteiger partial charge in [0, 0.05) is 13.0 Å². The Morgan fingerprint density at radius 2 is 2.00 bits per heavy atom. The second kappa shape index (κ2) is 7.61. The summed E-state index contributed by atoms with van der Waals surface area (Å²) in [4.78, 5) is 22.6.